The van der Waals surface area contributed by atoms with Gasteiger partial charge in [0.2, 0.25) is 5.88 Å². The van der Waals surface area contributed by atoms with Crippen LogP contribution >= 0.6 is 0 Å². The van der Waals surface area contributed by atoms with Crippen LogP contribution in [0.15, 0.2) is 64.5 Å². The molecule has 148 valence electrons. The highest BCUT2D eigenvalue weighted by Crippen LogP contribution is 2.38. The van der Waals surface area contributed by atoms with E-state index in [9.17, 15) is 14.9 Å². The Morgan fingerprint density at radius 1 is 1.45 bits per heavy atom. The van der Waals surface area contributed by atoms with E-state index in [0.717, 1.165) is 17.4 Å². The number of nitrogens with zero attached hydrogens (tertiary/aromatic N) is 1. The maximum Gasteiger partial charge on any atom is 0.338 e. The maximum absolute atomic E-state index is 12.9. The van der Waals surface area contributed by atoms with Crippen molar-refractivity contribution in [2.75, 3.05) is 6.61 Å². The molecule has 1 atom stereocenters. The predicted octanol–water partition coefficient (Wildman–Crippen LogP) is 2.90. The number of aryl methyl sites for hydroxylation is 1. The largest absolute Gasteiger partial charge is 0.458 e. The van der Waals surface area contributed by atoms with Crippen molar-refractivity contribution < 1.29 is 14.3 Å². The number of hydrogen-bond donors (Lipinski definition) is 2. The van der Waals surface area contributed by atoms with Gasteiger partial charge in [-0.3, -0.25) is 4.79 Å². The van der Waals surface area contributed by atoms with Crippen molar-refractivity contribution in [2.45, 2.75) is 26.2 Å². The monoisotopic (exact) mass is 391 g/mol. The number of fused-ring (bicyclic) bond motifs is 1. The standard InChI is InChI=1S/C22H21N3O4/c1-4-8-28-22(27)18-12(3)29-20(24)16(11-23)19(18)15-10-14-9-13(5-2)6-7-17(14)25-21(15)26/h4,6-7,9-10,19H,1,5,8,24H2,2-3H3,(H,25,26). The van der Waals surface area contributed by atoms with Crippen molar-refractivity contribution in [3.8, 4) is 6.07 Å². The number of esters is 1. The third kappa shape index (κ3) is 3.65. The molecule has 0 bridgehead atoms. The van der Waals surface area contributed by atoms with Crippen LogP contribution in [-0.2, 0) is 20.7 Å². The Hall–Kier alpha value is -3.79. The van der Waals surface area contributed by atoms with Gasteiger partial charge in [-0.05, 0) is 42.5 Å². The molecule has 1 aromatic heterocycles. The van der Waals surface area contributed by atoms with Crippen LogP contribution in [0.3, 0.4) is 0 Å². The number of allylic oxidation sites excluding steroid dienone is 2. The minimum Gasteiger partial charge on any atom is -0.458 e. The van der Waals surface area contributed by atoms with Gasteiger partial charge in [-0.1, -0.05) is 25.6 Å². The smallest absolute Gasteiger partial charge is 0.338 e. The average molecular weight is 391 g/mol. The van der Waals surface area contributed by atoms with E-state index in [-0.39, 0.29) is 35.0 Å². The van der Waals surface area contributed by atoms with Crippen LogP contribution in [0.2, 0.25) is 0 Å². The fourth-order valence-electron chi connectivity index (χ4n) is 3.38. The van der Waals surface area contributed by atoms with Crippen molar-refractivity contribution in [3.05, 3.63) is 81.2 Å². The quantitative estimate of drug-likeness (QED) is 0.598. The van der Waals surface area contributed by atoms with E-state index < -0.39 is 17.4 Å². The lowest BCUT2D eigenvalue weighted by molar-refractivity contribution is -0.138. The number of nitrogens with two attached hydrogens (primary N) is 1. The fraction of sp³-hybridized carbons (Fsp3) is 0.227. The first-order valence-electron chi connectivity index (χ1n) is 9.13. The SMILES string of the molecule is C=CCOC(=O)C1=C(C)OC(N)=C(C#N)C1c1cc2cc(CC)ccc2[nH]c1=O. The molecule has 29 heavy (non-hydrogen) atoms. The molecule has 2 heterocycles. The molecule has 0 fully saturated rings. The second-order valence-electron chi connectivity index (χ2n) is 6.61. The van der Waals surface area contributed by atoms with E-state index in [1.165, 1.54) is 6.08 Å². The van der Waals surface area contributed by atoms with Gasteiger partial charge in [0.05, 0.1) is 11.5 Å². The van der Waals surface area contributed by atoms with E-state index in [1.807, 2.05) is 31.2 Å². The molecule has 0 spiro atoms. The lowest BCUT2D eigenvalue weighted by Gasteiger charge is -2.26. The molecule has 7 heteroatoms. The number of H-pyrrole nitrogens is 1. The minimum absolute atomic E-state index is 0.0161. The Morgan fingerprint density at radius 2 is 2.21 bits per heavy atom. The second-order valence-corrected chi connectivity index (χ2v) is 6.61. The molecular weight excluding hydrogens is 370 g/mol. The molecule has 1 aliphatic heterocycles. The molecule has 3 N–H and O–H groups in total. The zero-order valence-corrected chi connectivity index (χ0v) is 16.2. The Labute approximate surface area is 167 Å². The van der Waals surface area contributed by atoms with E-state index >= 15 is 0 Å². The number of rotatable bonds is 5. The van der Waals surface area contributed by atoms with E-state index in [1.54, 1.807) is 13.0 Å². The highest BCUT2D eigenvalue weighted by atomic mass is 16.5. The van der Waals surface area contributed by atoms with Gasteiger partial charge in [0.1, 0.15) is 24.0 Å². The number of benzene rings is 1. The Balaban J connectivity index is 2.25. The lowest BCUT2D eigenvalue weighted by Crippen LogP contribution is -2.29. The Morgan fingerprint density at radius 3 is 2.86 bits per heavy atom. The summed E-state index contributed by atoms with van der Waals surface area (Å²) in [7, 11) is 0. The number of ether oxygens (including phenoxy) is 2. The summed E-state index contributed by atoms with van der Waals surface area (Å²) >= 11 is 0. The van der Waals surface area contributed by atoms with Crippen molar-refractivity contribution in [1.82, 2.24) is 4.98 Å². The van der Waals surface area contributed by atoms with Crippen molar-refractivity contribution >= 4 is 16.9 Å². The van der Waals surface area contributed by atoms with Gasteiger partial charge in [-0.2, -0.15) is 5.26 Å². The predicted molar refractivity (Wildman–Crippen MR) is 108 cm³/mol. The van der Waals surface area contributed by atoms with Crippen LogP contribution in [0.25, 0.3) is 10.9 Å². The maximum atomic E-state index is 12.9. The summed E-state index contributed by atoms with van der Waals surface area (Å²) in [5.74, 6) is -1.65. The zero-order chi connectivity index (χ0) is 21.1. The first kappa shape index (κ1) is 20.0. The summed E-state index contributed by atoms with van der Waals surface area (Å²) in [5, 5.41) is 10.5. The van der Waals surface area contributed by atoms with Gasteiger partial charge < -0.3 is 20.2 Å². The molecule has 0 radical (unpaired) electrons. The van der Waals surface area contributed by atoms with Crippen LogP contribution in [0.1, 0.15) is 30.9 Å². The average Bonchev–Trinajstić information content (AvgIpc) is 2.70. The Bertz CT molecular complexity index is 1160. The number of carbonyl (C=O) groups excluding carboxylic acids is 1. The van der Waals surface area contributed by atoms with Gasteiger partial charge >= 0.3 is 5.97 Å². The highest BCUT2D eigenvalue weighted by molar-refractivity contribution is 5.93. The normalized spacial score (nSPS) is 16.4. The molecule has 0 amide bonds. The fourth-order valence-corrected chi connectivity index (χ4v) is 3.38. The number of nitriles is 1. The minimum atomic E-state index is -0.996. The van der Waals surface area contributed by atoms with Crippen LogP contribution in [-0.4, -0.2) is 17.6 Å². The summed E-state index contributed by atoms with van der Waals surface area (Å²) < 4.78 is 10.6. The summed E-state index contributed by atoms with van der Waals surface area (Å²) in [4.78, 5) is 28.4. The number of nitrogens with one attached hydrogen (secondary N) is 1. The summed E-state index contributed by atoms with van der Waals surface area (Å²) in [6.07, 6.45) is 2.26. The van der Waals surface area contributed by atoms with E-state index in [4.69, 9.17) is 15.2 Å². The van der Waals surface area contributed by atoms with Crippen LogP contribution in [0, 0.1) is 11.3 Å². The van der Waals surface area contributed by atoms with Crippen LogP contribution < -0.4 is 11.3 Å². The van der Waals surface area contributed by atoms with Crippen molar-refractivity contribution in [1.29, 1.82) is 5.26 Å². The third-order valence-electron chi connectivity index (χ3n) is 4.81. The number of pyridine rings is 1. The lowest BCUT2D eigenvalue weighted by atomic mass is 9.83. The summed E-state index contributed by atoms with van der Waals surface area (Å²) in [5.41, 5.74) is 7.50. The third-order valence-corrected chi connectivity index (χ3v) is 4.81. The topological polar surface area (TPSA) is 118 Å². The van der Waals surface area contributed by atoms with Gasteiger partial charge in [-0.25, -0.2) is 4.79 Å². The summed E-state index contributed by atoms with van der Waals surface area (Å²) in [6.45, 7) is 7.08. The van der Waals surface area contributed by atoms with Crippen molar-refractivity contribution in [3.63, 3.8) is 0 Å². The molecular formula is C22H21N3O4. The van der Waals surface area contributed by atoms with Gasteiger partial charge in [-0.15, -0.1) is 0 Å². The van der Waals surface area contributed by atoms with Gasteiger partial charge in [0, 0.05) is 11.1 Å². The van der Waals surface area contributed by atoms with Crippen molar-refractivity contribution in [2.24, 2.45) is 5.73 Å². The van der Waals surface area contributed by atoms with Crippen LogP contribution in [0.4, 0.5) is 0 Å². The molecule has 7 nitrogen and oxygen atoms in total. The van der Waals surface area contributed by atoms with Crippen LogP contribution in [0.5, 0.6) is 0 Å². The zero-order valence-electron chi connectivity index (χ0n) is 16.2. The summed E-state index contributed by atoms with van der Waals surface area (Å²) in [6, 6.07) is 9.39. The number of aromatic nitrogens is 1. The first-order chi connectivity index (χ1) is 13.9. The molecule has 0 saturated heterocycles. The molecule has 2 aromatic rings. The number of carbonyl (C=O) groups is 1. The molecule has 1 aliphatic rings. The number of hydrogen-bond acceptors (Lipinski definition) is 6. The van der Waals surface area contributed by atoms with Gasteiger partial charge in [0.25, 0.3) is 5.56 Å². The number of aromatic amines is 1. The molecule has 0 saturated carbocycles. The molecule has 1 unspecified atom stereocenters. The van der Waals surface area contributed by atoms with E-state index in [0.29, 0.717) is 5.52 Å². The van der Waals surface area contributed by atoms with E-state index in [2.05, 4.69) is 11.6 Å². The van der Waals surface area contributed by atoms with Gasteiger partial charge in [0.15, 0.2) is 0 Å². The Kier molecular flexibility index (Phi) is 5.55. The molecule has 0 aliphatic carbocycles. The first-order valence-corrected chi connectivity index (χ1v) is 9.13. The second kappa shape index (κ2) is 8.07. The molecule has 3 rings (SSSR count). The molecule has 1 aromatic carbocycles. The highest BCUT2D eigenvalue weighted by Gasteiger charge is 2.37.